The molecule has 0 N–H and O–H groups in total. The molecule has 5 heteroatoms. The molecule has 0 amide bonds. The highest BCUT2D eigenvalue weighted by Gasteiger charge is 2.29. The van der Waals surface area contributed by atoms with Crippen molar-refractivity contribution in [1.29, 1.82) is 0 Å². The minimum Gasteiger partial charge on any atom is -0.310 e. The number of rotatable bonds is 6. The second-order valence-corrected chi connectivity index (χ2v) is 21.1. The number of anilines is 6. The minimum atomic E-state index is 0.0650. The molecule has 0 saturated carbocycles. The number of hydrogen-bond acceptors (Lipinski definition) is 4. The lowest BCUT2D eigenvalue weighted by molar-refractivity contribution is 0.590. The van der Waals surface area contributed by atoms with Crippen LogP contribution in [-0.2, 0) is 10.8 Å². The maximum atomic E-state index is 2.62. The quantitative estimate of drug-likeness (QED) is 0.165. The number of aromatic nitrogens is 1. The van der Waals surface area contributed by atoms with Gasteiger partial charge >= 0.3 is 0 Å². The molecule has 0 aliphatic heterocycles. The van der Waals surface area contributed by atoms with Gasteiger partial charge in [-0.3, -0.25) is 4.40 Å². The number of hydrogen-bond donors (Lipinski definition) is 0. The molecule has 0 unspecified atom stereocenters. The van der Waals surface area contributed by atoms with Crippen LogP contribution in [0.4, 0.5) is 34.1 Å². The smallest absolute Gasteiger partial charge is 0.109 e. The number of nitrogens with zero attached hydrogens (tertiary/aromatic N) is 3. The van der Waals surface area contributed by atoms with Gasteiger partial charge in [0.25, 0.3) is 0 Å². The number of benzene rings is 8. The predicted molar refractivity (Wildman–Crippen MR) is 276 cm³/mol. The molecule has 3 nitrogen and oxygen atoms in total. The van der Waals surface area contributed by atoms with Gasteiger partial charge in [0, 0.05) is 64.8 Å². The maximum absolute atomic E-state index is 2.62. The van der Waals surface area contributed by atoms with Crippen molar-refractivity contribution in [2.45, 2.75) is 52.4 Å². The van der Waals surface area contributed by atoms with Gasteiger partial charge in [-0.1, -0.05) is 126 Å². The molecule has 12 aromatic rings. The van der Waals surface area contributed by atoms with Crippen molar-refractivity contribution in [3.05, 3.63) is 187 Å². The molecule has 0 bridgehead atoms. The average molecular weight is 850 g/mol. The first-order chi connectivity index (χ1) is 30.5. The summed E-state index contributed by atoms with van der Waals surface area (Å²) in [6.45, 7) is 13.7. The van der Waals surface area contributed by atoms with Crippen molar-refractivity contribution in [1.82, 2.24) is 4.40 Å². The zero-order valence-electron chi connectivity index (χ0n) is 36.4. The van der Waals surface area contributed by atoms with E-state index in [0.29, 0.717) is 0 Å². The molecule has 4 aromatic heterocycles. The first-order valence-electron chi connectivity index (χ1n) is 21.9. The summed E-state index contributed by atoms with van der Waals surface area (Å²) in [5.74, 6) is 0. The third-order valence-corrected chi connectivity index (χ3v) is 15.3. The monoisotopic (exact) mass is 849 g/mol. The van der Waals surface area contributed by atoms with Crippen LogP contribution >= 0.6 is 22.7 Å². The van der Waals surface area contributed by atoms with Crippen molar-refractivity contribution in [3.63, 3.8) is 0 Å². The second kappa shape index (κ2) is 13.9. The van der Waals surface area contributed by atoms with Crippen LogP contribution in [0.1, 0.15) is 52.7 Å². The predicted octanol–water partition coefficient (Wildman–Crippen LogP) is 18.0. The molecule has 0 saturated heterocycles. The fourth-order valence-corrected chi connectivity index (χ4v) is 12.2. The van der Waals surface area contributed by atoms with Crippen LogP contribution in [0.3, 0.4) is 0 Å². The lowest BCUT2D eigenvalue weighted by Crippen LogP contribution is -2.13. The Hall–Kier alpha value is -6.66. The summed E-state index contributed by atoms with van der Waals surface area (Å²) in [5, 5.41) is 9.04. The van der Waals surface area contributed by atoms with E-state index in [1.54, 1.807) is 0 Å². The molecule has 63 heavy (non-hydrogen) atoms. The van der Waals surface area contributed by atoms with E-state index in [1.807, 2.05) is 22.7 Å². The molecule has 0 fully saturated rings. The largest absolute Gasteiger partial charge is 0.310 e. The van der Waals surface area contributed by atoms with Crippen LogP contribution in [0.25, 0.3) is 67.7 Å². The fourth-order valence-electron chi connectivity index (χ4n) is 9.78. The summed E-state index contributed by atoms with van der Waals surface area (Å²) in [7, 11) is 0. The van der Waals surface area contributed by atoms with Crippen LogP contribution in [0, 0.1) is 0 Å². The van der Waals surface area contributed by atoms with E-state index in [9.17, 15) is 0 Å². The number of thiophene rings is 2. The molecular weight excluding hydrogens is 803 g/mol. The van der Waals surface area contributed by atoms with E-state index >= 15 is 0 Å². The Kier molecular flexibility index (Phi) is 8.41. The third kappa shape index (κ3) is 5.97. The Morgan fingerprint density at radius 1 is 0.397 bits per heavy atom. The van der Waals surface area contributed by atoms with Gasteiger partial charge < -0.3 is 9.80 Å². The molecular formula is C58H47N3S2. The zero-order valence-corrected chi connectivity index (χ0v) is 38.0. The maximum Gasteiger partial charge on any atom is 0.109 e. The first-order valence-corrected chi connectivity index (χ1v) is 23.6. The number of para-hydroxylation sites is 2. The Morgan fingerprint density at radius 3 is 1.62 bits per heavy atom. The minimum absolute atomic E-state index is 0.0650. The van der Waals surface area contributed by atoms with Crippen molar-refractivity contribution < 1.29 is 0 Å². The van der Waals surface area contributed by atoms with Crippen LogP contribution < -0.4 is 9.80 Å². The van der Waals surface area contributed by atoms with E-state index in [2.05, 4.69) is 232 Å². The van der Waals surface area contributed by atoms with E-state index in [4.69, 9.17) is 0 Å². The van der Waals surface area contributed by atoms with E-state index in [1.165, 1.54) is 84.5 Å². The average Bonchev–Trinajstić information content (AvgIpc) is 4.02. The molecule has 12 rings (SSSR count). The SMILES string of the molecule is CC(C)(C)c1ccc(N(c2ccccc2)c2ccc3cc4sc5c6ccc(N(c7ccccc7)c7ccc(C(C)(C)C)cc7)c7c8c9ccccc9sc8n(c5c4cc3c2)c67)cc1. The Balaban J connectivity index is 1.11. The van der Waals surface area contributed by atoms with Gasteiger partial charge in [0.1, 0.15) is 4.83 Å². The molecule has 306 valence electrons. The van der Waals surface area contributed by atoms with Gasteiger partial charge in [0.05, 0.1) is 21.4 Å². The standard InChI is InChI=1S/C58H47N3S2/c1-57(2,3)38-22-27-42(28-23-38)59(40-15-9-7-10-16-40)44-26-21-36-35-50-47(34-37(36)33-44)54-55(62-50)46-31-32-48(52-51-45-19-13-14-20-49(45)63-56(51)61(54)53(46)52)60(41-17-11-8-12-18-41)43-29-24-39(25-30-43)58(4,5)6/h7-35H,1-6H3. The van der Waals surface area contributed by atoms with Gasteiger partial charge in [-0.15, -0.1) is 22.7 Å². The lowest BCUT2D eigenvalue weighted by atomic mass is 9.87. The molecule has 0 spiro atoms. The first kappa shape index (κ1) is 38.0. The third-order valence-electron chi connectivity index (χ3n) is 13.0. The van der Waals surface area contributed by atoms with Gasteiger partial charge in [0.2, 0.25) is 0 Å². The normalized spacial score (nSPS) is 12.6. The highest BCUT2D eigenvalue weighted by molar-refractivity contribution is 7.27. The lowest BCUT2D eigenvalue weighted by Gasteiger charge is -2.27. The van der Waals surface area contributed by atoms with Crippen LogP contribution in [0.2, 0.25) is 0 Å². The molecule has 0 radical (unpaired) electrons. The van der Waals surface area contributed by atoms with Crippen molar-refractivity contribution in [2.24, 2.45) is 0 Å². The van der Waals surface area contributed by atoms with Gasteiger partial charge in [0.15, 0.2) is 0 Å². The highest BCUT2D eigenvalue weighted by atomic mass is 32.1. The van der Waals surface area contributed by atoms with Crippen molar-refractivity contribution in [2.75, 3.05) is 9.80 Å². The summed E-state index contributed by atoms with van der Waals surface area (Å²) >= 11 is 3.84. The van der Waals surface area contributed by atoms with Gasteiger partial charge in [-0.2, -0.15) is 0 Å². The Bertz CT molecular complexity index is 3670. The van der Waals surface area contributed by atoms with Crippen LogP contribution in [0.15, 0.2) is 176 Å². The Morgan fingerprint density at radius 2 is 0.968 bits per heavy atom. The fraction of sp³-hybridized carbons (Fsp3) is 0.138. The summed E-state index contributed by atoms with van der Waals surface area (Å²) in [5.41, 5.74) is 12.3. The van der Waals surface area contributed by atoms with E-state index in [-0.39, 0.29) is 10.8 Å². The van der Waals surface area contributed by atoms with E-state index in [0.717, 1.165) is 28.4 Å². The zero-order chi connectivity index (χ0) is 42.8. The topological polar surface area (TPSA) is 10.9 Å². The van der Waals surface area contributed by atoms with Crippen LogP contribution in [-0.4, -0.2) is 4.40 Å². The second-order valence-electron chi connectivity index (χ2n) is 19.1. The van der Waals surface area contributed by atoms with Crippen molar-refractivity contribution >= 4 is 124 Å². The molecule has 0 aliphatic carbocycles. The van der Waals surface area contributed by atoms with Gasteiger partial charge in [-0.05, 0) is 124 Å². The van der Waals surface area contributed by atoms with Crippen LogP contribution in [0.5, 0.6) is 0 Å². The summed E-state index contributed by atoms with van der Waals surface area (Å²) < 4.78 is 6.59. The molecule has 4 heterocycles. The summed E-state index contributed by atoms with van der Waals surface area (Å²) in [6.07, 6.45) is 0. The highest BCUT2D eigenvalue weighted by Crippen LogP contribution is 2.54. The number of fused-ring (bicyclic) bond motifs is 11. The van der Waals surface area contributed by atoms with Gasteiger partial charge in [-0.25, -0.2) is 0 Å². The molecule has 8 aromatic carbocycles. The van der Waals surface area contributed by atoms with Crippen molar-refractivity contribution in [3.8, 4) is 0 Å². The summed E-state index contributed by atoms with van der Waals surface area (Å²) in [4.78, 5) is 6.16. The molecule has 0 atom stereocenters. The summed E-state index contributed by atoms with van der Waals surface area (Å²) in [6, 6.07) is 65.5. The Labute approximate surface area is 376 Å². The van der Waals surface area contributed by atoms with E-state index < -0.39 is 0 Å². The molecule has 0 aliphatic rings.